The van der Waals surface area contributed by atoms with Crippen LogP contribution in [0.3, 0.4) is 0 Å². The molecule has 4 aromatic heterocycles. The molecule has 0 unspecified atom stereocenters. The molecule has 0 amide bonds. The molecule has 0 fully saturated rings. The van der Waals surface area contributed by atoms with Crippen LogP contribution >= 0.6 is 11.3 Å². The molecule has 0 aliphatic heterocycles. The van der Waals surface area contributed by atoms with Gasteiger partial charge in [0, 0.05) is 70.2 Å². The zero-order valence-corrected chi connectivity index (χ0v) is 40.8. The van der Waals surface area contributed by atoms with Crippen molar-refractivity contribution in [2.75, 3.05) is 4.90 Å². The molecule has 0 aliphatic rings. The highest BCUT2D eigenvalue weighted by atomic mass is 32.1. The number of aromatic nitrogens is 4. The first-order chi connectivity index (χ1) is 36.7. The summed E-state index contributed by atoms with van der Waals surface area (Å²) in [5.74, 6) is 0.628. The van der Waals surface area contributed by atoms with Crippen molar-refractivity contribution < 1.29 is 0 Å². The van der Waals surface area contributed by atoms with Gasteiger partial charge in [0.1, 0.15) is 0 Å². The van der Waals surface area contributed by atoms with Gasteiger partial charge in [0.05, 0.1) is 33.3 Å². The molecular weight excluding hydrogens is 919 g/mol. The number of thiophene rings is 1. The highest BCUT2D eigenvalue weighted by Crippen LogP contribution is 2.45. The van der Waals surface area contributed by atoms with E-state index in [2.05, 4.69) is 275 Å². The van der Waals surface area contributed by atoms with Gasteiger partial charge in [-0.15, -0.1) is 11.3 Å². The fourth-order valence-electron chi connectivity index (χ4n) is 11.4. The molecule has 346 valence electrons. The lowest BCUT2D eigenvalue weighted by atomic mass is 9.97. The maximum atomic E-state index is 5.77. The topological polar surface area (TPSA) is 38.9 Å². The molecule has 0 saturated heterocycles. The Morgan fingerprint density at radius 1 is 0.365 bits per heavy atom. The molecule has 0 N–H and O–H groups in total. The third-order valence-electron chi connectivity index (χ3n) is 14.7. The van der Waals surface area contributed by atoms with Gasteiger partial charge in [-0.2, -0.15) is 0 Å². The van der Waals surface area contributed by atoms with Crippen molar-refractivity contribution in [1.29, 1.82) is 0 Å². The molecular formula is C68H43N5S. The second-order valence-electron chi connectivity index (χ2n) is 18.9. The zero-order valence-electron chi connectivity index (χ0n) is 40.0. The monoisotopic (exact) mass is 961 g/mol. The van der Waals surface area contributed by atoms with E-state index in [9.17, 15) is 0 Å². The Labute approximate surface area is 430 Å². The number of rotatable bonds is 8. The summed E-state index contributed by atoms with van der Waals surface area (Å²) in [4.78, 5) is 14.9. The van der Waals surface area contributed by atoms with E-state index in [1.54, 1.807) is 11.3 Å². The molecule has 0 bridgehead atoms. The van der Waals surface area contributed by atoms with Crippen LogP contribution in [0.5, 0.6) is 0 Å². The molecule has 11 aromatic carbocycles. The molecule has 4 heterocycles. The second-order valence-corrected chi connectivity index (χ2v) is 20.0. The van der Waals surface area contributed by atoms with Crippen LogP contribution in [-0.2, 0) is 0 Å². The van der Waals surface area contributed by atoms with Gasteiger partial charge in [0.15, 0.2) is 0 Å². The summed E-state index contributed by atoms with van der Waals surface area (Å²) in [6.45, 7) is 0. The first-order valence-corrected chi connectivity index (χ1v) is 25.9. The van der Waals surface area contributed by atoms with Crippen LogP contribution in [0.25, 0.3) is 120 Å². The van der Waals surface area contributed by atoms with Crippen molar-refractivity contribution in [3.05, 3.63) is 261 Å². The van der Waals surface area contributed by atoms with Crippen molar-refractivity contribution in [1.82, 2.24) is 19.1 Å². The standard InChI is InChI=1S/C68H43N5S/c1-5-19-45(20-6-1)62-43-48-35-40-58-64(67(48)74-62)65(46-32-37-52(38-33-46)71(49-21-7-2-8-22-49)50-23-9-3-10-24-50)70-68(69-58)73-60-41-36-47(42-57(60)55-39-34-44-18-13-14-27-54(44)66(55)73)53-29-17-31-61-63(53)56-28-15-16-30-59(56)72(61)51-25-11-4-12-26-51/h1-43H. The lowest BCUT2D eigenvalue weighted by molar-refractivity contribution is 1.02. The Kier molecular flexibility index (Phi) is 9.68. The summed E-state index contributed by atoms with van der Waals surface area (Å²) in [5, 5.41) is 9.28. The molecule has 5 nitrogen and oxygen atoms in total. The van der Waals surface area contributed by atoms with Crippen LogP contribution in [0.1, 0.15) is 0 Å². The molecule has 0 radical (unpaired) electrons. The molecule has 0 aliphatic carbocycles. The van der Waals surface area contributed by atoms with Gasteiger partial charge in [0.25, 0.3) is 0 Å². The van der Waals surface area contributed by atoms with Gasteiger partial charge in [0.2, 0.25) is 5.95 Å². The number of nitrogens with zero attached hydrogens (tertiary/aromatic N) is 5. The molecule has 0 atom stereocenters. The number of benzene rings is 11. The van der Waals surface area contributed by atoms with Gasteiger partial charge >= 0.3 is 0 Å². The molecule has 0 saturated carbocycles. The summed E-state index contributed by atoms with van der Waals surface area (Å²) in [7, 11) is 0. The van der Waals surface area contributed by atoms with Crippen LogP contribution in [-0.4, -0.2) is 19.1 Å². The van der Waals surface area contributed by atoms with E-state index in [0.717, 1.165) is 83.1 Å². The fraction of sp³-hybridized carbons (Fsp3) is 0. The Hall–Kier alpha value is -9.62. The molecule has 74 heavy (non-hydrogen) atoms. The third kappa shape index (κ3) is 6.69. The van der Waals surface area contributed by atoms with Gasteiger partial charge in [-0.3, -0.25) is 4.57 Å². The average molecular weight is 962 g/mol. The maximum absolute atomic E-state index is 5.77. The normalized spacial score (nSPS) is 11.8. The van der Waals surface area contributed by atoms with Crippen LogP contribution in [0.4, 0.5) is 17.1 Å². The lowest BCUT2D eigenvalue weighted by Gasteiger charge is -2.25. The first-order valence-electron chi connectivity index (χ1n) is 25.1. The molecule has 0 spiro atoms. The number of hydrogen-bond donors (Lipinski definition) is 0. The summed E-state index contributed by atoms with van der Waals surface area (Å²) >= 11 is 1.81. The molecule has 15 rings (SSSR count). The largest absolute Gasteiger partial charge is 0.311 e. The van der Waals surface area contributed by atoms with Crippen molar-refractivity contribution in [2.45, 2.75) is 0 Å². The lowest BCUT2D eigenvalue weighted by Crippen LogP contribution is -2.09. The minimum absolute atomic E-state index is 0.628. The Balaban J connectivity index is 0.972. The Morgan fingerprint density at radius 3 is 1.76 bits per heavy atom. The van der Waals surface area contributed by atoms with Gasteiger partial charge in [-0.25, -0.2) is 9.97 Å². The smallest absolute Gasteiger partial charge is 0.235 e. The fourth-order valence-corrected chi connectivity index (χ4v) is 12.6. The van der Waals surface area contributed by atoms with Gasteiger partial charge in [-0.1, -0.05) is 176 Å². The van der Waals surface area contributed by atoms with Gasteiger partial charge < -0.3 is 9.47 Å². The van der Waals surface area contributed by atoms with E-state index < -0.39 is 0 Å². The summed E-state index contributed by atoms with van der Waals surface area (Å²) in [6.07, 6.45) is 0. The van der Waals surface area contributed by atoms with E-state index in [1.807, 2.05) is 0 Å². The predicted octanol–water partition coefficient (Wildman–Crippen LogP) is 18.7. The van der Waals surface area contributed by atoms with E-state index in [-0.39, 0.29) is 0 Å². The Morgan fingerprint density at radius 2 is 0.986 bits per heavy atom. The van der Waals surface area contributed by atoms with Crippen molar-refractivity contribution >= 4 is 104 Å². The number of para-hydroxylation sites is 4. The van der Waals surface area contributed by atoms with Crippen LogP contribution < -0.4 is 4.90 Å². The van der Waals surface area contributed by atoms with Crippen molar-refractivity contribution in [3.63, 3.8) is 0 Å². The number of fused-ring (bicyclic) bond motifs is 11. The highest BCUT2D eigenvalue weighted by molar-refractivity contribution is 7.23. The van der Waals surface area contributed by atoms with Crippen molar-refractivity contribution in [2.24, 2.45) is 0 Å². The van der Waals surface area contributed by atoms with E-state index in [4.69, 9.17) is 9.97 Å². The van der Waals surface area contributed by atoms with Crippen LogP contribution in [0, 0.1) is 0 Å². The summed E-state index contributed by atoms with van der Waals surface area (Å²) in [6, 6.07) is 93.8. The predicted molar refractivity (Wildman–Crippen MR) is 312 cm³/mol. The first kappa shape index (κ1) is 42.1. The minimum atomic E-state index is 0.628. The van der Waals surface area contributed by atoms with E-state index in [0.29, 0.717) is 5.95 Å². The third-order valence-corrected chi connectivity index (χ3v) is 15.9. The Bertz CT molecular complexity index is 4600. The van der Waals surface area contributed by atoms with E-state index in [1.165, 1.54) is 47.9 Å². The molecule has 15 aromatic rings. The van der Waals surface area contributed by atoms with Crippen molar-refractivity contribution in [3.8, 4) is 44.5 Å². The summed E-state index contributed by atoms with van der Waals surface area (Å²) in [5.41, 5.74) is 15.2. The maximum Gasteiger partial charge on any atom is 0.235 e. The SMILES string of the molecule is c1ccc(-c2cc3ccc4nc(-n5c6ccc(-c7cccc8c7c7ccccc7n8-c7ccccc7)cc6c6ccc7ccccc7c65)nc(-c5ccc(N(c6ccccc6)c6ccccc6)cc5)c4c3s2)cc1. The summed E-state index contributed by atoms with van der Waals surface area (Å²) < 4.78 is 5.88. The minimum Gasteiger partial charge on any atom is -0.311 e. The quantitative estimate of drug-likeness (QED) is 0.152. The number of hydrogen-bond acceptors (Lipinski definition) is 4. The second kappa shape index (κ2) is 17.0. The number of anilines is 3. The zero-order chi connectivity index (χ0) is 48.7. The van der Waals surface area contributed by atoms with Crippen LogP contribution in [0.2, 0.25) is 0 Å². The molecule has 6 heteroatoms. The van der Waals surface area contributed by atoms with Gasteiger partial charge in [-0.05, 0) is 112 Å². The average Bonchev–Trinajstić information content (AvgIpc) is 4.21. The van der Waals surface area contributed by atoms with E-state index >= 15 is 0 Å². The highest BCUT2D eigenvalue weighted by Gasteiger charge is 2.23. The van der Waals surface area contributed by atoms with Crippen LogP contribution in [0.15, 0.2) is 261 Å².